The SMILES string of the molecule is C=O.CC1CCCOC1.CC[C@H](CC(C)C)OC1=Nc2cc(C(F)(F)F)ccc2C1.CO.Cc1nc(C(F)F)nc2c1oc1ccccc12. The number of aliphatic hydroxyl groups is 1. The standard InChI is InChI=1S/C16H20F3NO.C12H8F2N2O.C6H12O.CH4O.CH2O/c1-4-13(7-10(2)3)21-15-8-11-5-6-12(16(17,18)19)9-14(11)20-15;1-6-10-9(16-12(15-6)11(13)14)7-4-2-3-5-8(7)17-10;1-6-3-2-4-7-5-6;2*1-2/h5-6,9-10,13H,4,7-8H2,1-3H3;2-5,11H,1H3;6H,2-5H2,1H3;2H,1H3;1H2/t13-;;;;/m1..../s1. The first-order valence-corrected chi connectivity index (χ1v) is 16.0. The van der Waals surface area contributed by atoms with Crippen LogP contribution in [-0.2, 0) is 26.9 Å². The van der Waals surface area contributed by atoms with Crippen molar-refractivity contribution in [2.75, 3.05) is 20.3 Å². The second-order valence-corrected chi connectivity index (χ2v) is 11.9. The van der Waals surface area contributed by atoms with Crippen LogP contribution in [-0.4, -0.2) is 54.2 Å². The Kier molecular flexibility index (Phi) is 16.7. The summed E-state index contributed by atoms with van der Waals surface area (Å²) in [6.07, 6.45) is -2.06. The predicted octanol–water partition coefficient (Wildman–Crippen LogP) is 9.61. The molecule has 8 nitrogen and oxygen atoms in total. The lowest BCUT2D eigenvalue weighted by Gasteiger charge is -2.18. The molecule has 0 amide bonds. The Hall–Kier alpha value is -3.97. The normalized spacial score (nSPS) is 15.8. The van der Waals surface area contributed by atoms with Crippen molar-refractivity contribution in [3.63, 3.8) is 0 Å². The van der Waals surface area contributed by atoms with E-state index in [4.69, 9.17) is 23.8 Å². The third-order valence-electron chi connectivity index (χ3n) is 7.48. The minimum Gasteiger partial charge on any atom is -0.477 e. The highest BCUT2D eigenvalue weighted by Crippen LogP contribution is 2.36. The van der Waals surface area contributed by atoms with E-state index in [-0.39, 0.29) is 6.10 Å². The number of rotatable bonds is 5. The van der Waals surface area contributed by atoms with E-state index < -0.39 is 24.0 Å². The quantitative estimate of drug-likeness (QED) is 0.207. The summed E-state index contributed by atoms with van der Waals surface area (Å²) in [4.78, 5) is 19.8. The second-order valence-electron chi connectivity index (χ2n) is 11.9. The molecule has 0 radical (unpaired) electrons. The maximum absolute atomic E-state index is 12.7. The van der Waals surface area contributed by atoms with Gasteiger partial charge in [0.05, 0.1) is 23.4 Å². The number of hydrogen-bond donors (Lipinski definition) is 1. The number of para-hydroxylation sites is 1. The molecule has 4 aromatic rings. The molecule has 270 valence electrons. The number of nitrogens with zero attached hydrogens (tertiary/aromatic N) is 3. The Morgan fingerprint density at radius 1 is 1.08 bits per heavy atom. The molecule has 2 aromatic heterocycles. The summed E-state index contributed by atoms with van der Waals surface area (Å²) < 4.78 is 79.9. The number of fused-ring (bicyclic) bond motifs is 4. The Morgan fingerprint density at radius 3 is 2.33 bits per heavy atom. The number of alkyl halides is 5. The minimum absolute atomic E-state index is 0.0696. The summed E-state index contributed by atoms with van der Waals surface area (Å²) in [5.41, 5.74) is 2.48. The lowest BCUT2D eigenvalue weighted by molar-refractivity contribution is -0.137. The number of benzene rings is 2. The lowest BCUT2D eigenvalue weighted by Crippen LogP contribution is -2.19. The number of ether oxygens (including phenoxy) is 2. The average Bonchev–Trinajstić information content (AvgIpc) is 3.67. The van der Waals surface area contributed by atoms with Crippen LogP contribution >= 0.6 is 0 Å². The zero-order valence-electron chi connectivity index (χ0n) is 28.8. The fraction of sp³-hybridized carbons (Fsp3) is 0.500. The zero-order valence-corrected chi connectivity index (χ0v) is 28.8. The number of aliphatic hydroxyl groups excluding tert-OH is 1. The van der Waals surface area contributed by atoms with Crippen LogP contribution in [0.25, 0.3) is 22.1 Å². The van der Waals surface area contributed by atoms with Crippen molar-refractivity contribution in [1.82, 2.24) is 9.97 Å². The molecular formula is C36H46F5N3O5. The van der Waals surface area contributed by atoms with Gasteiger partial charge in [0.1, 0.15) is 24.0 Å². The monoisotopic (exact) mass is 695 g/mol. The van der Waals surface area contributed by atoms with Gasteiger partial charge in [0.2, 0.25) is 0 Å². The Morgan fingerprint density at radius 2 is 1.78 bits per heavy atom. The lowest BCUT2D eigenvalue weighted by atomic mass is 10.0. The summed E-state index contributed by atoms with van der Waals surface area (Å²) in [5.74, 6) is 1.39. The third kappa shape index (κ3) is 12.1. The van der Waals surface area contributed by atoms with Gasteiger partial charge in [0, 0.05) is 25.7 Å². The Bertz CT molecular complexity index is 1620. The van der Waals surface area contributed by atoms with E-state index in [1.807, 2.05) is 25.8 Å². The van der Waals surface area contributed by atoms with Crippen LogP contribution in [0.1, 0.15) is 82.4 Å². The van der Waals surface area contributed by atoms with Crippen molar-refractivity contribution >= 4 is 40.4 Å². The first kappa shape index (κ1) is 41.2. The predicted molar refractivity (Wildman–Crippen MR) is 180 cm³/mol. The first-order valence-electron chi connectivity index (χ1n) is 16.0. The number of carbonyl (C=O) groups excluding carboxylic acids is 1. The highest BCUT2D eigenvalue weighted by molar-refractivity contribution is 6.02. The van der Waals surface area contributed by atoms with Gasteiger partial charge in [-0.2, -0.15) is 13.2 Å². The van der Waals surface area contributed by atoms with Crippen molar-refractivity contribution < 1.29 is 45.7 Å². The Labute approximate surface area is 283 Å². The van der Waals surface area contributed by atoms with Crippen LogP contribution < -0.4 is 0 Å². The van der Waals surface area contributed by atoms with Gasteiger partial charge in [0.15, 0.2) is 17.3 Å². The van der Waals surface area contributed by atoms with Gasteiger partial charge in [0.25, 0.3) is 6.43 Å². The van der Waals surface area contributed by atoms with Gasteiger partial charge < -0.3 is 23.8 Å². The molecule has 2 aliphatic heterocycles. The van der Waals surface area contributed by atoms with Crippen molar-refractivity contribution in [1.29, 1.82) is 0 Å². The molecule has 13 heteroatoms. The molecule has 0 bridgehead atoms. The molecule has 2 atom stereocenters. The number of aromatic nitrogens is 2. The van der Waals surface area contributed by atoms with Gasteiger partial charge in [-0.1, -0.05) is 45.9 Å². The van der Waals surface area contributed by atoms with Crippen LogP contribution in [0.3, 0.4) is 0 Å². The van der Waals surface area contributed by atoms with E-state index >= 15 is 0 Å². The molecule has 2 aliphatic rings. The molecule has 6 rings (SSSR count). The number of halogens is 5. The molecule has 1 unspecified atom stereocenters. The van der Waals surface area contributed by atoms with E-state index in [1.165, 1.54) is 18.9 Å². The Balaban J connectivity index is 0.000000265. The van der Waals surface area contributed by atoms with Gasteiger partial charge >= 0.3 is 6.18 Å². The molecule has 1 fully saturated rings. The van der Waals surface area contributed by atoms with E-state index in [0.29, 0.717) is 46.3 Å². The van der Waals surface area contributed by atoms with Crippen LogP contribution in [0.15, 0.2) is 51.9 Å². The number of furan rings is 1. The average molecular weight is 696 g/mol. The van der Waals surface area contributed by atoms with Gasteiger partial charge in [-0.15, -0.1) is 0 Å². The summed E-state index contributed by atoms with van der Waals surface area (Å²) in [6.45, 7) is 14.1. The second kappa shape index (κ2) is 19.9. The van der Waals surface area contributed by atoms with Crippen molar-refractivity contribution in [3.8, 4) is 0 Å². The van der Waals surface area contributed by atoms with E-state index in [1.54, 1.807) is 19.1 Å². The minimum atomic E-state index is -4.34. The summed E-state index contributed by atoms with van der Waals surface area (Å²) in [7, 11) is 1.00. The summed E-state index contributed by atoms with van der Waals surface area (Å²) in [5, 5.41) is 7.73. The number of hydrogen-bond acceptors (Lipinski definition) is 8. The largest absolute Gasteiger partial charge is 0.477 e. The fourth-order valence-corrected chi connectivity index (χ4v) is 5.16. The van der Waals surface area contributed by atoms with E-state index in [2.05, 4.69) is 35.7 Å². The number of aliphatic imine (C=N–C) groups is 1. The van der Waals surface area contributed by atoms with Crippen molar-refractivity contribution in [2.24, 2.45) is 16.8 Å². The molecule has 49 heavy (non-hydrogen) atoms. The van der Waals surface area contributed by atoms with Crippen LogP contribution in [0.5, 0.6) is 0 Å². The van der Waals surface area contributed by atoms with Crippen LogP contribution in [0, 0.1) is 18.8 Å². The summed E-state index contributed by atoms with van der Waals surface area (Å²) >= 11 is 0. The molecule has 4 heterocycles. The fourth-order valence-electron chi connectivity index (χ4n) is 5.16. The summed E-state index contributed by atoms with van der Waals surface area (Å²) in [6, 6.07) is 10.9. The first-order chi connectivity index (χ1) is 23.3. The van der Waals surface area contributed by atoms with Gasteiger partial charge in [-0.05, 0) is 74.3 Å². The van der Waals surface area contributed by atoms with E-state index in [9.17, 15) is 22.0 Å². The molecule has 1 N–H and O–H groups in total. The maximum atomic E-state index is 12.7. The van der Waals surface area contributed by atoms with Crippen LogP contribution in [0.4, 0.5) is 27.6 Å². The molecule has 1 saturated heterocycles. The van der Waals surface area contributed by atoms with E-state index in [0.717, 1.165) is 62.2 Å². The molecular weight excluding hydrogens is 649 g/mol. The molecule has 2 aromatic carbocycles. The van der Waals surface area contributed by atoms with Crippen LogP contribution in [0.2, 0.25) is 0 Å². The van der Waals surface area contributed by atoms with Gasteiger partial charge in [-0.3, -0.25) is 0 Å². The highest BCUT2D eigenvalue weighted by atomic mass is 19.4. The van der Waals surface area contributed by atoms with Crippen molar-refractivity contribution in [3.05, 3.63) is 65.1 Å². The van der Waals surface area contributed by atoms with Crippen molar-refractivity contribution in [2.45, 2.75) is 85.4 Å². The smallest absolute Gasteiger partial charge is 0.416 e. The molecule has 0 spiro atoms. The zero-order chi connectivity index (χ0) is 36.7. The molecule has 0 saturated carbocycles. The number of carbonyl (C=O) groups is 1. The number of aryl methyl sites for hydroxylation is 1. The maximum Gasteiger partial charge on any atom is 0.416 e. The topological polar surface area (TPSA) is 107 Å². The molecule has 0 aliphatic carbocycles. The third-order valence-corrected chi connectivity index (χ3v) is 7.48. The highest BCUT2D eigenvalue weighted by Gasteiger charge is 2.32. The van der Waals surface area contributed by atoms with Gasteiger partial charge in [-0.25, -0.2) is 23.7 Å².